The summed E-state index contributed by atoms with van der Waals surface area (Å²) >= 11 is 1.31. The Bertz CT molecular complexity index is 497. The maximum Gasteiger partial charge on any atom is 0.124 e. The maximum atomic E-state index is 13.0. The molecule has 0 spiro atoms. The largest absolute Gasteiger partial charge is 0.398 e. The minimum absolute atomic E-state index is 0.295. The molecule has 82 valence electrons. The third-order valence-corrected chi connectivity index (χ3v) is 3.10. The van der Waals surface area contributed by atoms with Crippen LogP contribution in [0.5, 0.6) is 0 Å². The van der Waals surface area contributed by atoms with Crippen molar-refractivity contribution in [3.8, 4) is 0 Å². The predicted molar refractivity (Wildman–Crippen MR) is 61.3 cm³/mol. The number of nitrogens with two attached hydrogens (primary N) is 1. The van der Waals surface area contributed by atoms with Gasteiger partial charge in [-0.1, -0.05) is 11.8 Å². The second-order valence-corrected chi connectivity index (χ2v) is 4.35. The molecule has 0 unspecified atom stereocenters. The fourth-order valence-electron chi connectivity index (χ4n) is 1.23. The fourth-order valence-corrected chi connectivity index (χ4v) is 2.11. The van der Waals surface area contributed by atoms with E-state index in [0.29, 0.717) is 10.6 Å². The lowest BCUT2D eigenvalue weighted by Gasteiger charge is -2.05. The number of hydrogen-bond acceptors (Lipinski definition) is 2. The van der Waals surface area contributed by atoms with Gasteiger partial charge in [-0.15, -0.1) is 0 Å². The van der Waals surface area contributed by atoms with Crippen LogP contribution >= 0.6 is 11.8 Å². The molecule has 1 nitrogen and oxygen atoms in total. The van der Waals surface area contributed by atoms with Gasteiger partial charge in [0.2, 0.25) is 0 Å². The molecule has 2 aromatic rings. The molecular formula is C12H9F2NS. The molecule has 16 heavy (non-hydrogen) atoms. The van der Waals surface area contributed by atoms with Gasteiger partial charge in [-0.05, 0) is 42.5 Å². The molecule has 0 heterocycles. The monoisotopic (exact) mass is 237 g/mol. The highest BCUT2D eigenvalue weighted by Gasteiger charge is 2.03. The van der Waals surface area contributed by atoms with E-state index in [1.807, 2.05) is 0 Å². The molecule has 0 aliphatic rings. The van der Waals surface area contributed by atoms with Gasteiger partial charge >= 0.3 is 0 Å². The first-order chi connectivity index (χ1) is 7.65. The van der Waals surface area contributed by atoms with E-state index in [0.717, 1.165) is 4.90 Å². The Hall–Kier alpha value is -1.55. The Kier molecular flexibility index (Phi) is 3.10. The molecule has 0 saturated carbocycles. The predicted octanol–water partition coefficient (Wildman–Crippen LogP) is 3.70. The Balaban J connectivity index is 2.26. The molecule has 0 atom stereocenters. The zero-order valence-corrected chi connectivity index (χ0v) is 9.10. The normalized spacial score (nSPS) is 10.4. The van der Waals surface area contributed by atoms with Crippen LogP contribution in [0.1, 0.15) is 0 Å². The van der Waals surface area contributed by atoms with E-state index >= 15 is 0 Å². The van der Waals surface area contributed by atoms with Gasteiger partial charge in [0.15, 0.2) is 0 Å². The standard InChI is InChI=1S/C12H9F2NS/c13-8-1-4-10(5-2-8)16-12-7-9(14)3-6-11(12)15/h1-7H,15H2. The SMILES string of the molecule is Nc1ccc(F)cc1Sc1ccc(F)cc1. The van der Waals surface area contributed by atoms with Crippen LogP contribution in [-0.2, 0) is 0 Å². The van der Waals surface area contributed by atoms with Crippen molar-refractivity contribution in [2.45, 2.75) is 9.79 Å². The first-order valence-corrected chi connectivity index (χ1v) is 5.45. The van der Waals surface area contributed by atoms with E-state index < -0.39 is 0 Å². The Morgan fingerprint density at radius 2 is 1.50 bits per heavy atom. The third-order valence-electron chi connectivity index (χ3n) is 2.02. The average molecular weight is 237 g/mol. The van der Waals surface area contributed by atoms with E-state index in [-0.39, 0.29) is 11.6 Å². The molecule has 0 aromatic heterocycles. The molecule has 2 rings (SSSR count). The van der Waals surface area contributed by atoms with E-state index in [9.17, 15) is 8.78 Å². The van der Waals surface area contributed by atoms with E-state index in [4.69, 9.17) is 5.73 Å². The lowest BCUT2D eigenvalue weighted by atomic mass is 10.3. The fraction of sp³-hybridized carbons (Fsp3) is 0. The van der Waals surface area contributed by atoms with Crippen molar-refractivity contribution in [2.24, 2.45) is 0 Å². The van der Waals surface area contributed by atoms with E-state index in [1.54, 1.807) is 12.1 Å². The zero-order valence-electron chi connectivity index (χ0n) is 8.28. The van der Waals surface area contributed by atoms with Gasteiger partial charge in [0, 0.05) is 15.5 Å². The second kappa shape index (κ2) is 4.53. The summed E-state index contributed by atoms with van der Waals surface area (Å²) in [5.41, 5.74) is 6.22. The van der Waals surface area contributed by atoms with Gasteiger partial charge in [-0.3, -0.25) is 0 Å². The summed E-state index contributed by atoms with van der Waals surface area (Å²) in [7, 11) is 0. The van der Waals surface area contributed by atoms with E-state index in [2.05, 4.69) is 0 Å². The average Bonchev–Trinajstić information content (AvgIpc) is 2.27. The first-order valence-electron chi connectivity index (χ1n) is 4.63. The molecule has 0 saturated heterocycles. The quantitative estimate of drug-likeness (QED) is 0.806. The highest BCUT2D eigenvalue weighted by atomic mass is 32.2. The first kappa shape index (κ1) is 11.0. The van der Waals surface area contributed by atoms with Crippen molar-refractivity contribution in [2.75, 3.05) is 5.73 Å². The lowest BCUT2D eigenvalue weighted by Crippen LogP contribution is -1.89. The number of hydrogen-bond donors (Lipinski definition) is 1. The van der Waals surface area contributed by atoms with Gasteiger partial charge in [0.1, 0.15) is 11.6 Å². The van der Waals surface area contributed by atoms with Crippen LogP contribution in [0.3, 0.4) is 0 Å². The van der Waals surface area contributed by atoms with Crippen LogP contribution in [0.2, 0.25) is 0 Å². The summed E-state index contributed by atoms with van der Waals surface area (Å²) in [6.45, 7) is 0. The molecule has 2 aromatic carbocycles. The van der Waals surface area contributed by atoms with Crippen LogP contribution in [0.25, 0.3) is 0 Å². The van der Waals surface area contributed by atoms with Crippen molar-refractivity contribution in [1.29, 1.82) is 0 Å². The molecule has 0 aliphatic heterocycles. The van der Waals surface area contributed by atoms with Crippen molar-refractivity contribution in [3.63, 3.8) is 0 Å². The zero-order chi connectivity index (χ0) is 11.5. The molecule has 0 fully saturated rings. The van der Waals surface area contributed by atoms with Crippen LogP contribution in [0.15, 0.2) is 52.3 Å². The molecule has 0 radical (unpaired) electrons. The maximum absolute atomic E-state index is 13.0. The number of anilines is 1. The molecule has 0 bridgehead atoms. The summed E-state index contributed by atoms with van der Waals surface area (Å²) in [5.74, 6) is -0.629. The Morgan fingerprint density at radius 1 is 0.875 bits per heavy atom. The minimum Gasteiger partial charge on any atom is -0.398 e. The molecule has 4 heteroatoms. The number of nitrogen functional groups attached to an aromatic ring is 1. The summed E-state index contributed by atoms with van der Waals surface area (Å²) in [6, 6.07) is 10.2. The number of rotatable bonds is 2. The van der Waals surface area contributed by atoms with Crippen LogP contribution in [-0.4, -0.2) is 0 Å². The topological polar surface area (TPSA) is 26.0 Å². The van der Waals surface area contributed by atoms with Gasteiger partial charge in [0.25, 0.3) is 0 Å². The highest BCUT2D eigenvalue weighted by Crippen LogP contribution is 2.32. The van der Waals surface area contributed by atoms with Gasteiger partial charge in [-0.2, -0.15) is 0 Å². The van der Waals surface area contributed by atoms with Crippen molar-refractivity contribution in [1.82, 2.24) is 0 Å². The third kappa shape index (κ3) is 2.52. The summed E-state index contributed by atoms with van der Waals surface area (Å²) < 4.78 is 25.7. The molecule has 2 N–H and O–H groups in total. The van der Waals surface area contributed by atoms with Gasteiger partial charge in [-0.25, -0.2) is 8.78 Å². The van der Waals surface area contributed by atoms with Crippen molar-refractivity contribution in [3.05, 3.63) is 54.1 Å². The smallest absolute Gasteiger partial charge is 0.124 e. The Labute approximate surface area is 96.3 Å². The van der Waals surface area contributed by atoms with Crippen LogP contribution in [0, 0.1) is 11.6 Å². The molecule has 0 amide bonds. The van der Waals surface area contributed by atoms with E-state index in [1.165, 1.54) is 42.1 Å². The summed E-state index contributed by atoms with van der Waals surface area (Å²) in [4.78, 5) is 1.45. The van der Waals surface area contributed by atoms with Crippen LogP contribution in [0.4, 0.5) is 14.5 Å². The number of halogens is 2. The lowest BCUT2D eigenvalue weighted by molar-refractivity contribution is 0.624. The molecular weight excluding hydrogens is 228 g/mol. The van der Waals surface area contributed by atoms with Gasteiger partial charge < -0.3 is 5.73 Å². The van der Waals surface area contributed by atoms with Crippen molar-refractivity contribution >= 4 is 17.4 Å². The summed E-state index contributed by atoms with van der Waals surface area (Å²) in [6.07, 6.45) is 0. The highest BCUT2D eigenvalue weighted by molar-refractivity contribution is 7.99. The van der Waals surface area contributed by atoms with Crippen molar-refractivity contribution < 1.29 is 8.78 Å². The second-order valence-electron chi connectivity index (χ2n) is 3.24. The van der Waals surface area contributed by atoms with Crippen LogP contribution < -0.4 is 5.73 Å². The van der Waals surface area contributed by atoms with Gasteiger partial charge in [0.05, 0.1) is 0 Å². The number of benzene rings is 2. The summed E-state index contributed by atoms with van der Waals surface area (Å²) in [5, 5.41) is 0. The minimum atomic E-state index is -0.334. The Morgan fingerprint density at radius 3 is 2.19 bits per heavy atom. The molecule has 0 aliphatic carbocycles.